The number of carbonyl (C=O) groups excluding carboxylic acids is 1. The molecule has 10 heteroatoms. The van der Waals surface area contributed by atoms with E-state index in [0.29, 0.717) is 19.1 Å². The van der Waals surface area contributed by atoms with Crippen molar-refractivity contribution in [3.63, 3.8) is 0 Å². The van der Waals surface area contributed by atoms with Crippen LogP contribution in [0.1, 0.15) is 41.8 Å². The van der Waals surface area contributed by atoms with E-state index in [2.05, 4.69) is 27.2 Å². The molecule has 0 aliphatic rings. The summed E-state index contributed by atoms with van der Waals surface area (Å²) in [5.74, 6) is -1.91. The normalized spacial score (nSPS) is 11.7. The molecule has 0 spiro atoms. The van der Waals surface area contributed by atoms with Crippen molar-refractivity contribution in [3.05, 3.63) is 40.7 Å². The van der Waals surface area contributed by atoms with Crippen LogP contribution >= 0.6 is 11.5 Å². The van der Waals surface area contributed by atoms with Crippen molar-refractivity contribution in [1.82, 2.24) is 15.0 Å². The Hall–Kier alpha value is -2.72. The summed E-state index contributed by atoms with van der Waals surface area (Å²) in [4.78, 5) is 23.6. The summed E-state index contributed by atoms with van der Waals surface area (Å²) >= 11 is 0.785. The number of urea groups is 1. The minimum Gasteiger partial charge on any atom is -0.477 e. The Morgan fingerprint density at radius 3 is 2.76 bits per heavy atom. The Labute approximate surface area is 172 Å². The number of anilines is 1. The molecule has 2 aromatic rings. The van der Waals surface area contributed by atoms with Crippen molar-refractivity contribution in [2.45, 2.75) is 39.8 Å². The molecule has 0 fully saturated rings. The average Bonchev–Trinajstić information content (AvgIpc) is 3.06. The third kappa shape index (κ3) is 6.68. The highest BCUT2D eigenvalue weighted by molar-refractivity contribution is 7.11. The van der Waals surface area contributed by atoms with E-state index in [1.807, 2.05) is 6.92 Å². The van der Waals surface area contributed by atoms with E-state index in [9.17, 15) is 19.1 Å². The van der Waals surface area contributed by atoms with Gasteiger partial charge < -0.3 is 20.5 Å². The SMILES string of the molecule is CCC(C)NCCNC(=O)Nc1snc(OCc2ccc(C)cc2F)c1C(=O)O. The first-order valence-corrected chi connectivity index (χ1v) is 9.98. The molecule has 0 aliphatic heterocycles. The van der Waals surface area contributed by atoms with E-state index in [1.165, 1.54) is 6.07 Å². The fraction of sp³-hybridized carbons (Fsp3) is 0.421. The molecule has 0 saturated carbocycles. The van der Waals surface area contributed by atoms with Gasteiger partial charge in [-0.1, -0.05) is 19.1 Å². The number of rotatable bonds is 10. The van der Waals surface area contributed by atoms with Crippen molar-refractivity contribution >= 4 is 28.5 Å². The lowest BCUT2D eigenvalue weighted by atomic mass is 10.1. The summed E-state index contributed by atoms with van der Waals surface area (Å²) < 4.78 is 23.3. The number of amides is 2. The molecule has 1 aromatic heterocycles. The minimum atomic E-state index is -1.30. The molecule has 8 nitrogen and oxygen atoms in total. The van der Waals surface area contributed by atoms with Gasteiger partial charge in [0.25, 0.3) is 0 Å². The number of carboxylic acids is 1. The molecule has 1 atom stereocenters. The van der Waals surface area contributed by atoms with Gasteiger partial charge in [-0.15, -0.1) is 0 Å². The molecule has 2 amide bonds. The number of aromatic nitrogens is 1. The van der Waals surface area contributed by atoms with E-state index in [-0.39, 0.29) is 28.6 Å². The zero-order chi connectivity index (χ0) is 21.4. The molecule has 158 valence electrons. The van der Waals surface area contributed by atoms with Crippen LogP contribution in [-0.2, 0) is 6.61 Å². The predicted molar refractivity (Wildman–Crippen MR) is 109 cm³/mol. The molecule has 0 saturated heterocycles. The van der Waals surface area contributed by atoms with E-state index < -0.39 is 17.8 Å². The van der Waals surface area contributed by atoms with Crippen molar-refractivity contribution in [3.8, 4) is 5.88 Å². The maximum Gasteiger partial charge on any atom is 0.344 e. The van der Waals surface area contributed by atoms with Gasteiger partial charge in [0.1, 0.15) is 17.4 Å². The maximum atomic E-state index is 13.9. The van der Waals surface area contributed by atoms with Gasteiger partial charge in [-0.2, -0.15) is 4.37 Å². The fourth-order valence-electron chi connectivity index (χ4n) is 2.35. The highest BCUT2D eigenvalue weighted by Gasteiger charge is 2.23. The van der Waals surface area contributed by atoms with Crippen LogP contribution in [0.25, 0.3) is 0 Å². The van der Waals surface area contributed by atoms with Gasteiger partial charge in [0, 0.05) is 24.7 Å². The third-order valence-electron chi connectivity index (χ3n) is 4.19. The summed E-state index contributed by atoms with van der Waals surface area (Å²) in [7, 11) is 0. The van der Waals surface area contributed by atoms with Crippen molar-refractivity contribution in [1.29, 1.82) is 0 Å². The van der Waals surface area contributed by atoms with Crippen molar-refractivity contribution in [2.75, 3.05) is 18.4 Å². The smallest absolute Gasteiger partial charge is 0.344 e. The largest absolute Gasteiger partial charge is 0.477 e. The average molecular weight is 424 g/mol. The number of ether oxygens (including phenoxy) is 1. The second kappa shape index (κ2) is 10.7. The van der Waals surface area contributed by atoms with Gasteiger partial charge in [0.2, 0.25) is 5.88 Å². The molecule has 1 aromatic carbocycles. The van der Waals surface area contributed by atoms with Gasteiger partial charge in [-0.3, -0.25) is 5.32 Å². The van der Waals surface area contributed by atoms with Crippen LogP contribution in [-0.4, -0.2) is 40.6 Å². The lowest BCUT2D eigenvalue weighted by Crippen LogP contribution is -2.37. The Morgan fingerprint density at radius 2 is 2.10 bits per heavy atom. The second-order valence-electron chi connectivity index (χ2n) is 6.52. The molecule has 1 heterocycles. The summed E-state index contributed by atoms with van der Waals surface area (Å²) in [5, 5.41) is 17.9. The highest BCUT2D eigenvalue weighted by Crippen LogP contribution is 2.31. The molecule has 4 N–H and O–H groups in total. The molecule has 0 radical (unpaired) electrons. The Balaban J connectivity index is 1.97. The van der Waals surface area contributed by atoms with Crippen LogP contribution in [0.5, 0.6) is 5.88 Å². The van der Waals surface area contributed by atoms with Crippen LogP contribution in [0.15, 0.2) is 18.2 Å². The molecule has 0 bridgehead atoms. The molecular formula is C19H25FN4O4S. The number of nitrogens with zero attached hydrogens (tertiary/aromatic N) is 1. The molecule has 0 aliphatic carbocycles. The van der Waals surface area contributed by atoms with Gasteiger partial charge in [-0.05, 0) is 43.4 Å². The Bertz CT molecular complexity index is 859. The highest BCUT2D eigenvalue weighted by atomic mass is 32.1. The number of hydrogen-bond donors (Lipinski definition) is 4. The number of carbonyl (C=O) groups is 2. The lowest BCUT2D eigenvalue weighted by Gasteiger charge is -2.12. The van der Waals surface area contributed by atoms with E-state index in [1.54, 1.807) is 19.1 Å². The number of aryl methyl sites for hydroxylation is 1. The lowest BCUT2D eigenvalue weighted by molar-refractivity contribution is 0.0693. The monoisotopic (exact) mass is 424 g/mol. The first-order valence-electron chi connectivity index (χ1n) is 9.20. The van der Waals surface area contributed by atoms with Gasteiger partial charge >= 0.3 is 12.0 Å². The number of nitrogens with one attached hydrogen (secondary N) is 3. The van der Waals surface area contributed by atoms with Crippen LogP contribution in [0.3, 0.4) is 0 Å². The number of carboxylic acid groups (broad SMARTS) is 1. The van der Waals surface area contributed by atoms with Crippen LogP contribution < -0.4 is 20.7 Å². The number of halogens is 1. The fourth-order valence-corrected chi connectivity index (χ4v) is 3.07. The zero-order valence-electron chi connectivity index (χ0n) is 16.5. The molecular weight excluding hydrogens is 399 g/mol. The van der Waals surface area contributed by atoms with Crippen LogP contribution in [0.4, 0.5) is 14.2 Å². The summed E-state index contributed by atoms with van der Waals surface area (Å²) in [6, 6.07) is 4.47. The first kappa shape index (κ1) is 22.6. The zero-order valence-corrected chi connectivity index (χ0v) is 17.4. The number of benzene rings is 1. The van der Waals surface area contributed by atoms with Crippen LogP contribution in [0, 0.1) is 12.7 Å². The number of hydrogen-bond acceptors (Lipinski definition) is 6. The summed E-state index contributed by atoms with van der Waals surface area (Å²) in [5.41, 5.74) is 0.777. The predicted octanol–water partition coefficient (Wildman–Crippen LogP) is 3.38. The molecule has 29 heavy (non-hydrogen) atoms. The summed E-state index contributed by atoms with van der Waals surface area (Å²) in [6.07, 6.45) is 0.976. The van der Waals surface area contributed by atoms with Gasteiger partial charge in [0.15, 0.2) is 5.56 Å². The summed E-state index contributed by atoms with van der Waals surface area (Å²) in [6.45, 7) is 6.66. The first-order chi connectivity index (χ1) is 13.8. The Kier molecular flexibility index (Phi) is 8.34. The van der Waals surface area contributed by atoms with E-state index >= 15 is 0 Å². The maximum absolute atomic E-state index is 13.9. The number of aromatic carboxylic acids is 1. The standard InChI is InChI=1S/C19H25FN4O4S/c1-4-12(3)21-7-8-22-19(27)23-17-15(18(25)26)16(24-29-17)28-10-13-6-5-11(2)9-14(13)20/h5-6,9,12,21H,4,7-8,10H2,1-3H3,(H,25,26)(H2,22,23,27). The minimum absolute atomic E-state index is 0.0456. The topological polar surface area (TPSA) is 113 Å². The molecule has 2 rings (SSSR count). The van der Waals surface area contributed by atoms with Crippen molar-refractivity contribution < 1.29 is 23.8 Å². The van der Waals surface area contributed by atoms with Gasteiger partial charge in [0.05, 0.1) is 0 Å². The van der Waals surface area contributed by atoms with Crippen molar-refractivity contribution in [2.24, 2.45) is 0 Å². The van der Waals surface area contributed by atoms with Crippen LogP contribution in [0.2, 0.25) is 0 Å². The van der Waals surface area contributed by atoms with E-state index in [4.69, 9.17) is 4.74 Å². The van der Waals surface area contributed by atoms with Gasteiger partial charge in [-0.25, -0.2) is 14.0 Å². The quantitative estimate of drug-likeness (QED) is 0.435. The third-order valence-corrected chi connectivity index (χ3v) is 4.94. The Morgan fingerprint density at radius 1 is 1.34 bits per heavy atom. The second-order valence-corrected chi connectivity index (χ2v) is 7.30. The molecule has 1 unspecified atom stereocenters. The van der Waals surface area contributed by atoms with E-state index in [0.717, 1.165) is 23.5 Å².